The highest BCUT2D eigenvalue weighted by Crippen LogP contribution is 2.50. The van der Waals surface area contributed by atoms with E-state index >= 15 is 0 Å². The van der Waals surface area contributed by atoms with Gasteiger partial charge in [0.1, 0.15) is 28.1 Å². The van der Waals surface area contributed by atoms with Gasteiger partial charge in [-0.3, -0.25) is 0 Å². The van der Waals surface area contributed by atoms with Gasteiger partial charge in [-0.25, -0.2) is 0 Å². The number of ether oxygens (including phenoxy) is 1. The van der Waals surface area contributed by atoms with Gasteiger partial charge in [0.05, 0.1) is 28.7 Å². The summed E-state index contributed by atoms with van der Waals surface area (Å²) in [4.78, 5) is 0. The maximum Gasteiger partial charge on any atom is 0.143 e. The Morgan fingerprint density at radius 2 is 0.855 bits per heavy atom. The van der Waals surface area contributed by atoms with Gasteiger partial charge in [-0.15, -0.1) is 0 Å². The number of rotatable bonds is 4. The van der Waals surface area contributed by atoms with Crippen molar-refractivity contribution in [1.29, 1.82) is 0 Å². The topological polar surface area (TPSA) is 45.4 Å². The van der Waals surface area contributed by atoms with E-state index in [4.69, 9.17) is 13.6 Å². The Bertz CT molecular complexity index is 4680. The predicted octanol–water partition coefficient (Wildman–Crippen LogP) is 17.3. The Balaban J connectivity index is 1.02. The van der Waals surface area contributed by atoms with Crippen molar-refractivity contribution in [1.82, 2.24) is 9.13 Å². The van der Waals surface area contributed by atoms with E-state index in [1.54, 1.807) is 0 Å². The third kappa shape index (κ3) is 5.08. The molecule has 15 aromatic rings. The van der Waals surface area contributed by atoms with E-state index < -0.39 is 0 Å². The summed E-state index contributed by atoms with van der Waals surface area (Å²) in [6.07, 6.45) is 0.836. The molecule has 0 saturated heterocycles. The third-order valence-electron chi connectivity index (χ3n) is 15.0. The second-order valence-electron chi connectivity index (χ2n) is 18.6. The zero-order valence-corrected chi connectivity index (χ0v) is 37.2. The number of para-hydroxylation sites is 5. The lowest BCUT2D eigenvalue weighted by molar-refractivity contribution is 0.357. The minimum absolute atomic E-state index is 0.659. The van der Waals surface area contributed by atoms with Gasteiger partial charge in [0.2, 0.25) is 0 Å². The maximum atomic E-state index is 7.34. The molecule has 1 aliphatic rings. The van der Waals surface area contributed by atoms with E-state index in [9.17, 15) is 0 Å². The van der Waals surface area contributed by atoms with E-state index in [1.165, 1.54) is 60.1 Å². The average Bonchev–Trinajstić information content (AvgIpc) is 4.25. The van der Waals surface area contributed by atoms with E-state index in [1.807, 2.05) is 6.07 Å². The zero-order valence-electron chi connectivity index (χ0n) is 37.2. The third-order valence-corrected chi connectivity index (χ3v) is 15.0. The number of fused-ring (bicyclic) bond motifs is 19. The highest BCUT2D eigenvalue weighted by Gasteiger charge is 2.26. The molecule has 322 valence electrons. The zero-order chi connectivity index (χ0) is 44.9. The normalized spacial score (nSPS) is 12.9. The van der Waals surface area contributed by atoms with Crippen LogP contribution in [0.25, 0.3) is 143 Å². The molecule has 5 heteroatoms. The molecule has 69 heavy (non-hydrogen) atoms. The lowest BCUT2D eigenvalue weighted by atomic mass is 9.89. The molecular formula is C64H38N2O3. The van der Waals surface area contributed by atoms with Crippen LogP contribution in [0, 0.1) is 0 Å². The van der Waals surface area contributed by atoms with Crippen molar-refractivity contribution in [3.05, 3.63) is 212 Å². The molecule has 5 heterocycles. The fraction of sp³-hybridized carbons (Fsp3) is 0.0312. The number of nitrogens with zero attached hydrogens (tertiary/aromatic N) is 2. The molecule has 4 aromatic heterocycles. The Kier molecular flexibility index (Phi) is 7.39. The first-order valence-electron chi connectivity index (χ1n) is 23.8. The summed E-state index contributed by atoms with van der Waals surface area (Å²) >= 11 is 0. The van der Waals surface area contributed by atoms with Crippen LogP contribution in [0.4, 0.5) is 0 Å². The SMILES string of the molecule is c1ccc(-n2c3ccccc3c3cc(-c4cc5c6cc(-c7ccc8c(c7)c7ccccc7n8-c7ccccc7)c7c(ccc8oc9ccccc9c87)c6oc5c5ccc6c(c45)CCO6)ccc32)cc1. The molecule has 0 radical (unpaired) electrons. The summed E-state index contributed by atoms with van der Waals surface area (Å²) in [6, 6.07) is 74.8. The molecular weight excluding hydrogens is 845 g/mol. The first-order valence-corrected chi connectivity index (χ1v) is 23.8. The average molecular weight is 883 g/mol. The Morgan fingerprint density at radius 1 is 0.333 bits per heavy atom. The van der Waals surface area contributed by atoms with Gasteiger partial charge in [-0.1, -0.05) is 103 Å². The van der Waals surface area contributed by atoms with E-state index in [0.29, 0.717) is 6.61 Å². The summed E-state index contributed by atoms with van der Waals surface area (Å²) in [5.41, 5.74) is 16.3. The van der Waals surface area contributed by atoms with Crippen molar-refractivity contribution in [3.8, 4) is 39.4 Å². The van der Waals surface area contributed by atoms with Gasteiger partial charge in [-0.05, 0) is 125 Å². The molecule has 0 atom stereocenters. The molecule has 0 saturated carbocycles. The van der Waals surface area contributed by atoms with Crippen molar-refractivity contribution in [2.45, 2.75) is 6.42 Å². The summed E-state index contributed by atoms with van der Waals surface area (Å²) in [7, 11) is 0. The standard InChI is InChI=1S/C64H38N2O3/c1-3-13-39(14-4-1)65-53-20-10-7-17-41(53)49-33-37(23-27-55(49)65)47-35-51-52-36-48(38-24-28-56-50(34-38)42-18-8-11-21-54(42)66(56)40-15-5-2-6-16-40)61-46(26-30-59-62(61)43-19-9-12-22-58(43)68-59)64(52)69-63(51)45-25-29-57-44(60(45)47)31-32-67-57/h1-30,33-36H,31-32H2. The molecule has 0 N–H and O–H groups in total. The van der Waals surface area contributed by atoms with Crippen molar-refractivity contribution in [2.75, 3.05) is 6.61 Å². The first kappa shape index (κ1) is 37.1. The minimum Gasteiger partial charge on any atom is -0.493 e. The van der Waals surface area contributed by atoms with Crippen LogP contribution >= 0.6 is 0 Å². The monoisotopic (exact) mass is 882 g/mol. The van der Waals surface area contributed by atoms with E-state index in [-0.39, 0.29) is 0 Å². The molecule has 1 aliphatic heterocycles. The van der Waals surface area contributed by atoms with Crippen molar-refractivity contribution < 1.29 is 13.6 Å². The van der Waals surface area contributed by atoms with Gasteiger partial charge in [0, 0.05) is 88.0 Å². The van der Waals surface area contributed by atoms with E-state index in [0.717, 1.165) is 100 Å². The molecule has 5 nitrogen and oxygen atoms in total. The van der Waals surface area contributed by atoms with Crippen molar-refractivity contribution >= 4 is 109 Å². The fourth-order valence-corrected chi connectivity index (χ4v) is 12.1. The van der Waals surface area contributed by atoms with Crippen molar-refractivity contribution in [3.63, 3.8) is 0 Å². The second-order valence-corrected chi connectivity index (χ2v) is 18.6. The van der Waals surface area contributed by atoms with Crippen LogP contribution in [0.3, 0.4) is 0 Å². The number of furan rings is 2. The van der Waals surface area contributed by atoms with E-state index in [2.05, 4.69) is 209 Å². The quantitative estimate of drug-likeness (QED) is 0.177. The van der Waals surface area contributed by atoms with Gasteiger partial charge in [-0.2, -0.15) is 0 Å². The number of hydrogen-bond donors (Lipinski definition) is 0. The Labute approximate surface area is 394 Å². The Hall–Kier alpha value is -9.06. The first-order chi connectivity index (χ1) is 34.2. The molecule has 0 aliphatic carbocycles. The molecule has 0 spiro atoms. The van der Waals surface area contributed by atoms with Gasteiger partial charge >= 0.3 is 0 Å². The summed E-state index contributed by atoms with van der Waals surface area (Å²) in [6.45, 7) is 0.659. The second kappa shape index (κ2) is 13.8. The molecule has 0 fully saturated rings. The highest BCUT2D eigenvalue weighted by molar-refractivity contribution is 6.32. The number of aromatic nitrogens is 2. The summed E-state index contributed by atoms with van der Waals surface area (Å²) in [5.74, 6) is 0.951. The number of benzene rings is 11. The smallest absolute Gasteiger partial charge is 0.143 e. The van der Waals surface area contributed by atoms with Crippen molar-refractivity contribution in [2.24, 2.45) is 0 Å². The molecule has 0 unspecified atom stereocenters. The van der Waals surface area contributed by atoms with Crippen LogP contribution < -0.4 is 4.74 Å². The van der Waals surface area contributed by atoms with Crippen LogP contribution in [0.5, 0.6) is 5.75 Å². The minimum atomic E-state index is 0.659. The summed E-state index contributed by atoms with van der Waals surface area (Å²) in [5, 5.41) is 13.7. The summed E-state index contributed by atoms with van der Waals surface area (Å²) < 4.78 is 25.0. The van der Waals surface area contributed by atoms with Crippen LogP contribution in [0.15, 0.2) is 215 Å². The Morgan fingerprint density at radius 3 is 1.49 bits per heavy atom. The van der Waals surface area contributed by atoms with Crippen LogP contribution in [0.2, 0.25) is 0 Å². The highest BCUT2D eigenvalue weighted by atomic mass is 16.5. The van der Waals surface area contributed by atoms with Crippen LogP contribution in [-0.2, 0) is 6.42 Å². The van der Waals surface area contributed by atoms with Gasteiger partial charge in [0.25, 0.3) is 0 Å². The fourth-order valence-electron chi connectivity index (χ4n) is 12.1. The van der Waals surface area contributed by atoms with Gasteiger partial charge < -0.3 is 22.7 Å². The lowest BCUT2D eigenvalue weighted by Gasteiger charge is -2.13. The van der Waals surface area contributed by atoms with Gasteiger partial charge in [0.15, 0.2) is 0 Å². The molecule has 0 amide bonds. The molecule has 11 aromatic carbocycles. The van der Waals surface area contributed by atoms with Crippen LogP contribution in [-0.4, -0.2) is 15.7 Å². The maximum absolute atomic E-state index is 7.34. The van der Waals surface area contributed by atoms with Crippen LogP contribution in [0.1, 0.15) is 5.56 Å². The largest absolute Gasteiger partial charge is 0.493 e. The predicted molar refractivity (Wildman–Crippen MR) is 285 cm³/mol. The number of hydrogen-bond acceptors (Lipinski definition) is 3. The molecule has 0 bridgehead atoms. The lowest BCUT2D eigenvalue weighted by Crippen LogP contribution is -1.93. The molecule has 16 rings (SSSR count).